The Morgan fingerprint density at radius 2 is 1.53 bits per heavy atom. The van der Waals surface area contributed by atoms with Gasteiger partial charge in [0.1, 0.15) is 11.9 Å². The highest BCUT2D eigenvalue weighted by Gasteiger charge is 2.31. The molecule has 0 aliphatic carbocycles. The molecular formula is C27H29FN2O2. The first kappa shape index (κ1) is 23.2. The molecule has 3 rings (SSSR count). The van der Waals surface area contributed by atoms with Crippen molar-refractivity contribution < 1.29 is 14.0 Å². The minimum Gasteiger partial charge on any atom is -0.350 e. The van der Waals surface area contributed by atoms with Crippen molar-refractivity contribution in [3.63, 3.8) is 0 Å². The second kappa shape index (κ2) is 11.2. The fourth-order valence-electron chi connectivity index (χ4n) is 3.57. The van der Waals surface area contributed by atoms with Gasteiger partial charge in [0, 0.05) is 19.5 Å². The van der Waals surface area contributed by atoms with Crippen LogP contribution >= 0.6 is 0 Å². The molecule has 5 heteroatoms. The molecular weight excluding hydrogens is 403 g/mol. The highest BCUT2D eigenvalue weighted by atomic mass is 19.1. The van der Waals surface area contributed by atoms with Crippen molar-refractivity contribution >= 4 is 11.8 Å². The average molecular weight is 433 g/mol. The van der Waals surface area contributed by atoms with Crippen LogP contribution < -0.4 is 5.32 Å². The van der Waals surface area contributed by atoms with Crippen molar-refractivity contribution in [3.05, 3.63) is 107 Å². The summed E-state index contributed by atoms with van der Waals surface area (Å²) >= 11 is 0. The van der Waals surface area contributed by atoms with Crippen LogP contribution in [0.1, 0.15) is 48.1 Å². The van der Waals surface area contributed by atoms with E-state index in [-0.39, 0.29) is 24.2 Å². The van der Waals surface area contributed by atoms with Crippen molar-refractivity contribution in [2.75, 3.05) is 0 Å². The van der Waals surface area contributed by atoms with E-state index >= 15 is 0 Å². The van der Waals surface area contributed by atoms with Crippen LogP contribution in [-0.2, 0) is 22.7 Å². The zero-order valence-corrected chi connectivity index (χ0v) is 18.6. The van der Waals surface area contributed by atoms with Crippen LogP contribution in [0.2, 0.25) is 0 Å². The topological polar surface area (TPSA) is 49.4 Å². The fourth-order valence-corrected chi connectivity index (χ4v) is 3.57. The van der Waals surface area contributed by atoms with Crippen LogP contribution in [0.3, 0.4) is 0 Å². The maximum absolute atomic E-state index is 13.4. The summed E-state index contributed by atoms with van der Waals surface area (Å²) in [6.45, 7) is 4.54. The van der Waals surface area contributed by atoms with Gasteiger partial charge in [-0.2, -0.15) is 0 Å². The van der Waals surface area contributed by atoms with Gasteiger partial charge in [-0.3, -0.25) is 9.59 Å². The summed E-state index contributed by atoms with van der Waals surface area (Å²) in [4.78, 5) is 28.1. The van der Waals surface area contributed by atoms with E-state index in [2.05, 4.69) is 5.32 Å². The number of nitrogens with one attached hydrogen (secondary N) is 1. The van der Waals surface area contributed by atoms with Gasteiger partial charge in [0.05, 0.1) is 0 Å². The first-order valence-corrected chi connectivity index (χ1v) is 10.9. The van der Waals surface area contributed by atoms with E-state index in [1.54, 1.807) is 17.0 Å². The third kappa shape index (κ3) is 6.27. The Morgan fingerprint density at radius 3 is 2.16 bits per heavy atom. The Balaban J connectivity index is 1.90. The lowest BCUT2D eigenvalue weighted by molar-refractivity contribution is -0.141. The van der Waals surface area contributed by atoms with Gasteiger partial charge in [0.25, 0.3) is 0 Å². The molecule has 32 heavy (non-hydrogen) atoms. The largest absolute Gasteiger partial charge is 0.350 e. The number of carbonyl (C=O) groups excluding carboxylic acids is 2. The lowest BCUT2D eigenvalue weighted by atomic mass is 10.0. The third-order valence-corrected chi connectivity index (χ3v) is 5.31. The summed E-state index contributed by atoms with van der Waals surface area (Å²) in [7, 11) is 0. The number of carbonyl (C=O) groups is 2. The molecule has 0 heterocycles. The normalized spacial score (nSPS) is 11.6. The molecule has 0 aliphatic rings. The molecule has 0 aromatic heterocycles. The van der Waals surface area contributed by atoms with E-state index in [1.165, 1.54) is 12.1 Å². The van der Waals surface area contributed by atoms with Gasteiger partial charge in [0.2, 0.25) is 11.8 Å². The van der Waals surface area contributed by atoms with E-state index in [4.69, 9.17) is 0 Å². The lowest BCUT2D eigenvalue weighted by Crippen LogP contribution is -2.43. The number of aryl methyl sites for hydroxylation is 1. The van der Waals surface area contributed by atoms with Gasteiger partial charge in [-0.25, -0.2) is 4.39 Å². The van der Waals surface area contributed by atoms with Crippen LogP contribution in [0.25, 0.3) is 0 Å². The first-order valence-electron chi connectivity index (χ1n) is 10.9. The molecule has 0 saturated heterocycles. The van der Waals surface area contributed by atoms with Crippen LogP contribution in [0.4, 0.5) is 4.39 Å². The number of amides is 2. The average Bonchev–Trinajstić information content (AvgIpc) is 2.80. The van der Waals surface area contributed by atoms with E-state index in [1.807, 2.05) is 68.4 Å². The molecule has 3 aromatic carbocycles. The van der Waals surface area contributed by atoms with E-state index in [0.29, 0.717) is 19.4 Å². The molecule has 166 valence electrons. The second-order valence-corrected chi connectivity index (χ2v) is 7.91. The van der Waals surface area contributed by atoms with E-state index in [0.717, 1.165) is 22.3 Å². The molecule has 3 aromatic rings. The molecule has 2 amide bonds. The molecule has 0 radical (unpaired) electrons. The minimum absolute atomic E-state index is 0.115. The summed E-state index contributed by atoms with van der Waals surface area (Å²) in [5.74, 6) is -0.699. The molecule has 1 unspecified atom stereocenters. The molecule has 0 aliphatic heterocycles. The number of rotatable bonds is 9. The van der Waals surface area contributed by atoms with Crippen molar-refractivity contribution in [1.82, 2.24) is 10.2 Å². The smallest absolute Gasteiger partial charge is 0.247 e. The van der Waals surface area contributed by atoms with Gasteiger partial charge < -0.3 is 10.2 Å². The van der Waals surface area contributed by atoms with Gasteiger partial charge in [0.15, 0.2) is 0 Å². The van der Waals surface area contributed by atoms with Crippen LogP contribution in [0.5, 0.6) is 0 Å². The Hall–Kier alpha value is -3.47. The molecule has 4 nitrogen and oxygen atoms in total. The summed E-state index contributed by atoms with van der Waals surface area (Å²) in [5, 5.41) is 3.00. The predicted molar refractivity (Wildman–Crippen MR) is 124 cm³/mol. The molecule has 1 atom stereocenters. The van der Waals surface area contributed by atoms with E-state index in [9.17, 15) is 14.0 Å². The van der Waals surface area contributed by atoms with Gasteiger partial charge >= 0.3 is 0 Å². The Morgan fingerprint density at radius 1 is 0.906 bits per heavy atom. The first-order chi connectivity index (χ1) is 15.5. The molecule has 0 bridgehead atoms. The maximum Gasteiger partial charge on any atom is 0.247 e. The molecule has 0 spiro atoms. The van der Waals surface area contributed by atoms with Crippen LogP contribution in [0, 0.1) is 12.7 Å². The Labute approximate surface area is 189 Å². The monoisotopic (exact) mass is 432 g/mol. The number of halogens is 1. The Bertz CT molecular complexity index is 1020. The number of benzene rings is 3. The highest BCUT2D eigenvalue weighted by Crippen LogP contribution is 2.25. The van der Waals surface area contributed by atoms with Crippen molar-refractivity contribution in [1.29, 1.82) is 0 Å². The summed E-state index contributed by atoms with van der Waals surface area (Å²) < 4.78 is 13.4. The van der Waals surface area contributed by atoms with Gasteiger partial charge in [-0.05, 0) is 42.2 Å². The number of hydrogen-bond donors (Lipinski definition) is 1. The van der Waals surface area contributed by atoms with Crippen LogP contribution in [-0.4, -0.2) is 16.7 Å². The Kier molecular flexibility index (Phi) is 8.14. The van der Waals surface area contributed by atoms with Crippen LogP contribution in [0.15, 0.2) is 78.9 Å². The fraction of sp³-hybridized carbons (Fsp3) is 0.259. The van der Waals surface area contributed by atoms with Gasteiger partial charge in [-0.15, -0.1) is 0 Å². The number of nitrogens with zero attached hydrogens (tertiary/aromatic N) is 1. The zero-order valence-electron chi connectivity index (χ0n) is 18.6. The summed E-state index contributed by atoms with van der Waals surface area (Å²) in [6.07, 6.45) is 1.00. The van der Waals surface area contributed by atoms with Gasteiger partial charge in [-0.1, -0.05) is 79.2 Å². The number of hydrogen-bond acceptors (Lipinski definition) is 2. The predicted octanol–water partition coefficient (Wildman–Crippen LogP) is 5.32. The lowest BCUT2D eigenvalue weighted by Gasteiger charge is -2.31. The highest BCUT2D eigenvalue weighted by molar-refractivity contribution is 5.88. The summed E-state index contributed by atoms with van der Waals surface area (Å²) in [5.41, 5.74) is 3.64. The maximum atomic E-state index is 13.4. The van der Waals surface area contributed by atoms with Crippen molar-refractivity contribution in [3.8, 4) is 0 Å². The quantitative estimate of drug-likeness (QED) is 0.497. The van der Waals surface area contributed by atoms with Crippen molar-refractivity contribution in [2.45, 2.75) is 45.8 Å². The molecule has 1 N–H and O–H groups in total. The zero-order chi connectivity index (χ0) is 22.9. The van der Waals surface area contributed by atoms with E-state index < -0.39 is 6.04 Å². The molecule has 0 fully saturated rings. The standard InChI is InChI=1S/C27H29FN2O2/c1-3-7-25(31)30(19-22-14-16-24(28)17-15-22)26(23-8-5-4-6-9-23)27(32)29-18-21-12-10-20(2)11-13-21/h4-6,8-17,26H,3,7,18-19H2,1-2H3,(H,29,32). The SMILES string of the molecule is CCCC(=O)N(Cc1ccc(F)cc1)C(C(=O)NCc1ccc(C)cc1)c1ccccc1. The minimum atomic E-state index is -0.786. The third-order valence-electron chi connectivity index (χ3n) is 5.31. The molecule has 0 saturated carbocycles. The summed E-state index contributed by atoms with van der Waals surface area (Å²) in [6, 6.07) is 22.5. The van der Waals surface area contributed by atoms with Crippen molar-refractivity contribution in [2.24, 2.45) is 0 Å². The second-order valence-electron chi connectivity index (χ2n) is 7.91.